The lowest BCUT2D eigenvalue weighted by atomic mass is 10.1. The van der Waals surface area contributed by atoms with E-state index in [2.05, 4.69) is 10.3 Å². The molecule has 1 amide bonds. The highest BCUT2D eigenvalue weighted by molar-refractivity contribution is 6.06. The zero-order valence-electron chi connectivity index (χ0n) is 14.9. The number of para-hydroxylation sites is 1. The molecule has 0 unspecified atom stereocenters. The molecule has 1 N–H and O–H groups in total. The van der Waals surface area contributed by atoms with Crippen LogP contribution in [0.15, 0.2) is 71.1 Å². The Kier molecular flexibility index (Phi) is 4.33. The minimum Gasteiger partial charge on any atom is -0.436 e. The number of anilines is 1. The smallest absolute Gasteiger partial charge is 0.269 e. The van der Waals surface area contributed by atoms with E-state index in [0.717, 1.165) is 11.1 Å². The maximum atomic E-state index is 12.6. The molecule has 28 heavy (non-hydrogen) atoms. The SMILES string of the molecule is Cc1ccc2oc(-c3ccccc3NC(=O)c3ccc([N+](=O)[O-])cc3)nc2c1. The topological polar surface area (TPSA) is 98.3 Å². The van der Waals surface area contributed by atoms with E-state index in [1.165, 1.54) is 24.3 Å². The molecule has 3 aromatic carbocycles. The standard InChI is InChI=1S/C21H15N3O4/c1-13-6-11-19-18(12-13)23-21(28-19)16-4-2-3-5-17(16)22-20(25)14-7-9-15(10-8-14)24(26)27/h2-12H,1H3,(H,22,25). The van der Waals surface area contributed by atoms with Gasteiger partial charge in [-0.2, -0.15) is 0 Å². The van der Waals surface area contributed by atoms with E-state index in [-0.39, 0.29) is 11.6 Å². The molecule has 138 valence electrons. The van der Waals surface area contributed by atoms with Crippen molar-refractivity contribution in [2.75, 3.05) is 5.32 Å². The number of nitro groups is 1. The Hall–Kier alpha value is -4.00. The minimum atomic E-state index is -0.508. The molecule has 0 saturated heterocycles. The van der Waals surface area contributed by atoms with Gasteiger partial charge in [0.05, 0.1) is 16.2 Å². The van der Waals surface area contributed by atoms with E-state index >= 15 is 0 Å². The number of aromatic nitrogens is 1. The number of aryl methyl sites for hydroxylation is 1. The summed E-state index contributed by atoms with van der Waals surface area (Å²) in [5.74, 6) is 0.0227. The summed E-state index contributed by atoms with van der Waals surface area (Å²) in [7, 11) is 0. The Morgan fingerprint density at radius 2 is 1.82 bits per heavy atom. The summed E-state index contributed by atoms with van der Waals surface area (Å²) in [4.78, 5) is 27.3. The summed E-state index contributed by atoms with van der Waals surface area (Å²) in [6.07, 6.45) is 0. The van der Waals surface area contributed by atoms with Gasteiger partial charge < -0.3 is 9.73 Å². The van der Waals surface area contributed by atoms with Gasteiger partial charge in [-0.15, -0.1) is 0 Å². The van der Waals surface area contributed by atoms with Crippen molar-refractivity contribution in [3.8, 4) is 11.5 Å². The Morgan fingerprint density at radius 3 is 2.57 bits per heavy atom. The maximum Gasteiger partial charge on any atom is 0.269 e. The fourth-order valence-electron chi connectivity index (χ4n) is 2.86. The number of hydrogen-bond acceptors (Lipinski definition) is 5. The molecule has 4 rings (SSSR count). The first-order chi connectivity index (χ1) is 13.5. The second-order valence-electron chi connectivity index (χ2n) is 6.29. The maximum absolute atomic E-state index is 12.6. The fourth-order valence-corrected chi connectivity index (χ4v) is 2.86. The summed E-state index contributed by atoms with van der Waals surface area (Å²) in [6.45, 7) is 1.98. The van der Waals surface area contributed by atoms with Crippen molar-refractivity contribution in [2.45, 2.75) is 6.92 Å². The van der Waals surface area contributed by atoms with E-state index in [9.17, 15) is 14.9 Å². The van der Waals surface area contributed by atoms with Crippen molar-refractivity contribution in [3.63, 3.8) is 0 Å². The zero-order chi connectivity index (χ0) is 19.7. The summed E-state index contributed by atoms with van der Waals surface area (Å²) >= 11 is 0. The van der Waals surface area contributed by atoms with E-state index in [1.54, 1.807) is 12.1 Å². The van der Waals surface area contributed by atoms with Crippen molar-refractivity contribution in [1.29, 1.82) is 0 Å². The third-order valence-corrected chi connectivity index (χ3v) is 4.29. The normalized spacial score (nSPS) is 10.8. The van der Waals surface area contributed by atoms with Gasteiger partial charge in [-0.3, -0.25) is 14.9 Å². The summed E-state index contributed by atoms with van der Waals surface area (Å²) in [5.41, 5.74) is 3.91. The van der Waals surface area contributed by atoms with Crippen LogP contribution in [0.25, 0.3) is 22.6 Å². The molecule has 0 fully saturated rings. The van der Waals surface area contributed by atoms with Crippen molar-refractivity contribution in [2.24, 2.45) is 0 Å². The Morgan fingerprint density at radius 1 is 1.07 bits per heavy atom. The number of non-ortho nitro benzene ring substituents is 1. The Balaban J connectivity index is 1.65. The number of carbonyl (C=O) groups excluding carboxylic acids is 1. The largest absolute Gasteiger partial charge is 0.436 e. The van der Waals surface area contributed by atoms with Crippen molar-refractivity contribution in [3.05, 3.63) is 88.0 Å². The van der Waals surface area contributed by atoms with Crippen LogP contribution in [0.1, 0.15) is 15.9 Å². The second-order valence-corrected chi connectivity index (χ2v) is 6.29. The van der Waals surface area contributed by atoms with Crippen LogP contribution in [-0.2, 0) is 0 Å². The number of oxazole rings is 1. The van der Waals surface area contributed by atoms with Crippen molar-refractivity contribution >= 4 is 28.4 Å². The third-order valence-electron chi connectivity index (χ3n) is 4.29. The van der Waals surface area contributed by atoms with Crippen LogP contribution < -0.4 is 5.32 Å². The van der Waals surface area contributed by atoms with Gasteiger partial charge in [0.1, 0.15) is 5.52 Å². The lowest BCUT2D eigenvalue weighted by Gasteiger charge is -2.08. The van der Waals surface area contributed by atoms with Crippen LogP contribution in [0.3, 0.4) is 0 Å². The van der Waals surface area contributed by atoms with E-state index in [4.69, 9.17) is 4.42 Å². The van der Waals surface area contributed by atoms with E-state index in [1.807, 2.05) is 37.3 Å². The Labute approximate surface area is 159 Å². The highest BCUT2D eigenvalue weighted by atomic mass is 16.6. The lowest BCUT2D eigenvalue weighted by Crippen LogP contribution is -2.12. The van der Waals surface area contributed by atoms with Crippen LogP contribution in [0.4, 0.5) is 11.4 Å². The van der Waals surface area contributed by atoms with Crippen LogP contribution in [0, 0.1) is 17.0 Å². The molecule has 1 heterocycles. The number of benzene rings is 3. The average molecular weight is 373 g/mol. The monoisotopic (exact) mass is 373 g/mol. The zero-order valence-corrected chi connectivity index (χ0v) is 14.9. The number of amides is 1. The molecule has 4 aromatic rings. The molecule has 0 radical (unpaired) electrons. The number of fused-ring (bicyclic) bond motifs is 1. The van der Waals surface area contributed by atoms with Crippen LogP contribution >= 0.6 is 0 Å². The molecule has 0 saturated carbocycles. The third kappa shape index (κ3) is 3.33. The first-order valence-corrected chi connectivity index (χ1v) is 8.54. The van der Waals surface area contributed by atoms with Crippen LogP contribution in [0.2, 0.25) is 0 Å². The second kappa shape index (κ2) is 6.96. The molecule has 0 bridgehead atoms. The molecule has 0 atom stereocenters. The van der Waals surface area contributed by atoms with Gasteiger partial charge in [-0.25, -0.2) is 4.98 Å². The average Bonchev–Trinajstić information content (AvgIpc) is 3.11. The van der Waals surface area contributed by atoms with E-state index < -0.39 is 4.92 Å². The highest BCUT2D eigenvalue weighted by Gasteiger charge is 2.15. The molecular formula is C21H15N3O4. The fraction of sp³-hybridized carbons (Fsp3) is 0.0476. The molecule has 0 aliphatic heterocycles. The minimum absolute atomic E-state index is 0.0706. The van der Waals surface area contributed by atoms with Crippen molar-refractivity contribution < 1.29 is 14.1 Å². The first-order valence-electron chi connectivity index (χ1n) is 8.54. The molecule has 7 heteroatoms. The first kappa shape index (κ1) is 17.4. The molecule has 0 aliphatic rings. The summed E-state index contributed by atoms with van der Waals surface area (Å²) in [5, 5.41) is 13.6. The van der Waals surface area contributed by atoms with Gasteiger partial charge in [0, 0.05) is 17.7 Å². The predicted octanol–water partition coefficient (Wildman–Crippen LogP) is 4.96. The molecule has 7 nitrogen and oxygen atoms in total. The van der Waals surface area contributed by atoms with Gasteiger partial charge in [-0.05, 0) is 48.9 Å². The molecule has 0 aliphatic carbocycles. The molecular weight excluding hydrogens is 358 g/mol. The number of nitrogens with one attached hydrogen (secondary N) is 1. The van der Waals surface area contributed by atoms with Crippen LogP contribution in [-0.4, -0.2) is 15.8 Å². The van der Waals surface area contributed by atoms with Crippen molar-refractivity contribution in [1.82, 2.24) is 4.98 Å². The van der Waals surface area contributed by atoms with Gasteiger partial charge in [-0.1, -0.05) is 18.2 Å². The van der Waals surface area contributed by atoms with Gasteiger partial charge in [0.25, 0.3) is 11.6 Å². The number of nitro benzene ring substituents is 1. The number of nitrogens with zero attached hydrogens (tertiary/aromatic N) is 2. The summed E-state index contributed by atoms with van der Waals surface area (Å²) < 4.78 is 5.84. The summed E-state index contributed by atoms with van der Waals surface area (Å²) in [6, 6.07) is 18.3. The Bertz CT molecular complexity index is 1200. The quantitative estimate of drug-likeness (QED) is 0.402. The highest BCUT2D eigenvalue weighted by Crippen LogP contribution is 2.30. The lowest BCUT2D eigenvalue weighted by molar-refractivity contribution is -0.384. The van der Waals surface area contributed by atoms with Gasteiger partial charge in [0.15, 0.2) is 5.58 Å². The number of hydrogen-bond donors (Lipinski definition) is 1. The van der Waals surface area contributed by atoms with Gasteiger partial charge >= 0.3 is 0 Å². The van der Waals surface area contributed by atoms with E-state index in [0.29, 0.717) is 28.3 Å². The number of rotatable bonds is 4. The molecule has 1 aromatic heterocycles. The van der Waals surface area contributed by atoms with Crippen LogP contribution in [0.5, 0.6) is 0 Å². The molecule has 0 spiro atoms. The van der Waals surface area contributed by atoms with Gasteiger partial charge in [0.2, 0.25) is 5.89 Å². The number of carbonyl (C=O) groups is 1. The predicted molar refractivity (Wildman–Crippen MR) is 105 cm³/mol.